The van der Waals surface area contributed by atoms with Gasteiger partial charge in [-0.3, -0.25) is 4.79 Å². The Morgan fingerprint density at radius 2 is 2.04 bits per heavy atom. The van der Waals surface area contributed by atoms with Crippen LogP contribution in [0.1, 0.15) is 5.69 Å². The third kappa shape index (κ3) is 4.62. The van der Waals surface area contributed by atoms with Gasteiger partial charge in [-0.2, -0.15) is 11.3 Å². The molecule has 0 aliphatic carbocycles. The molecule has 2 aromatic heterocycles. The fourth-order valence-corrected chi connectivity index (χ4v) is 3.56. The highest BCUT2D eigenvalue weighted by Crippen LogP contribution is 2.25. The molecule has 0 fully saturated rings. The lowest BCUT2D eigenvalue weighted by molar-refractivity contribution is -0.120. The van der Waals surface area contributed by atoms with Crippen LogP contribution in [-0.2, 0) is 11.2 Å². The fourth-order valence-electron chi connectivity index (χ4n) is 2.02. The van der Waals surface area contributed by atoms with E-state index in [4.69, 9.17) is 4.74 Å². The van der Waals surface area contributed by atoms with Crippen LogP contribution in [0.15, 0.2) is 46.5 Å². The monoisotopic (exact) mass is 362 g/mol. The Labute approximate surface area is 146 Å². The van der Waals surface area contributed by atoms with Crippen molar-refractivity contribution in [2.24, 2.45) is 0 Å². The van der Waals surface area contributed by atoms with Crippen molar-refractivity contribution in [2.45, 2.75) is 6.42 Å². The Morgan fingerprint density at radius 3 is 2.79 bits per heavy atom. The second-order valence-corrected chi connectivity index (χ2v) is 6.62. The molecule has 0 spiro atoms. The van der Waals surface area contributed by atoms with Crippen molar-refractivity contribution in [3.05, 3.63) is 58.0 Å². The van der Waals surface area contributed by atoms with E-state index >= 15 is 0 Å². The summed E-state index contributed by atoms with van der Waals surface area (Å²) in [4.78, 5) is 16.4. The van der Waals surface area contributed by atoms with Gasteiger partial charge in [-0.15, -0.1) is 11.3 Å². The van der Waals surface area contributed by atoms with E-state index in [1.54, 1.807) is 23.5 Å². The molecular weight excluding hydrogens is 347 g/mol. The molecule has 24 heavy (non-hydrogen) atoms. The van der Waals surface area contributed by atoms with Gasteiger partial charge in [0, 0.05) is 16.3 Å². The quantitative estimate of drug-likeness (QED) is 0.651. The summed E-state index contributed by atoms with van der Waals surface area (Å²) in [7, 11) is 0. The van der Waals surface area contributed by atoms with Gasteiger partial charge >= 0.3 is 0 Å². The van der Waals surface area contributed by atoms with E-state index in [0.717, 1.165) is 16.3 Å². The molecule has 0 unspecified atom stereocenters. The first-order valence-electron chi connectivity index (χ1n) is 7.33. The second kappa shape index (κ2) is 8.03. The molecule has 0 radical (unpaired) electrons. The number of aromatic nitrogens is 1. The van der Waals surface area contributed by atoms with Crippen molar-refractivity contribution in [2.75, 3.05) is 13.2 Å². The van der Waals surface area contributed by atoms with Crippen molar-refractivity contribution in [1.29, 1.82) is 0 Å². The van der Waals surface area contributed by atoms with Crippen LogP contribution in [0.2, 0.25) is 0 Å². The Balaban J connectivity index is 1.40. The molecule has 7 heteroatoms. The zero-order chi connectivity index (χ0) is 16.8. The SMILES string of the molecule is O=C(Cc1csc(-c2ccsc2)n1)NCCOc1ccc(F)cc1. The normalized spacial score (nSPS) is 10.5. The number of nitrogens with zero attached hydrogens (tertiary/aromatic N) is 1. The number of thiophene rings is 1. The van der Waals surface area contributed by atoms with E-state index in [1.165, 1.54) is 23.5 Å². The molecule has 0 aliphatic heterocycles. The number of carbonyl (C=O) groups is 1. The topological polar surface area (TPSA) is 51.2 Å². The van der Waals surface area contributed by atoms with Gasteiger partial charge in [0.15, 0.2) is 0 Å². The van der Waals surface area contributed by atoms with Crippen LogP contribution in [0.5, 0.6) is 5.75 Å². The molecule has 3 rings (SSSR count). The maximum Gasteiger partial charge on any atom is 0.226 e. The smallest absolute Gasteiger partial charge is 0.226 e. The summed E-state index contributed by atoms with van der Waals surface area (Å²) in [5.41, 5.74) is 1.85. The van der Waals surface area contributed by atoms with E-state index in [9.17, 15) is 9.18 Å². The van der Waals surface area contributed by atoms with Gasteiger partial charge in [0.05, 0.1) is 18.7 Å². The highest BCUT2D eigenvalue weighted by molar-refractivity contribution is 7.14. The molecule has 0 bridgehead atoms. The lowest BCUT2D eigenvalue weighted by Gasteiger charge is -2.07. The summed E-state index contributed by atoms with van der Waals surface area (Å²) < 4.78 is 18.2. The molecule has 4 nitrogen and oxygen atoms in total. The van der Waals surface area contributed by atoms with Crippen LogP contribution in [0, 0.1) is 5.82 Å². The van der Waals surface area contributed by atoms with Crippen LogP contribution >= 0.6 is 22.7 Å². The molecule has 1 amide bonds. The summed E-state index contributed by atoms with van der Waals surface area (Å²) in [5.74, 6) is 0.172. The number of hydrogen-bond acceptors (Lipinski definition) is 5. The van der Waals surface area contributed by atoms with Crippen molar-refractivity contribution in [1.82, 2.24) is 10.3 Å². The number of ether oxygens (including phenoxy) is 1. The van der Waals surface area contributed by atoms with Crippen molar-refractivity contribution < 1.29 is 13.9 Å². The van der Waals surface area contributed by atoms with Crippen molar-refractivity contribution >= 4 is 28.6 Å². The number of rotatable bonds is 7. The standard InChI is InChI=1S/C17H15FN2O2S2/c18-13-1-3-15(4-2-13)22-7-6-19-16(21)9-14-11-24-17(20-14)12-5-8-23-10-12/h1-5,8,10-11H,6-7,9H2,(H,19,21). The lowest BCUT2D eigenvalue weighted by atomic mass is 10.3. The van der Waals surface area contributed by atoms with Gasteiger partial charge in [-0.1, -0.05) is 0 Å². The van der Waals surface area contributed by atoms with Gasteiger partial charge in [-0.25, -0.2) is 9.37 Å². The number of thiazole rings is 1. The predicted octanol–water partition coefficient (Wildman–Crippen LogP) is 3.75. The van der Waals surface area contributed by atoms with Crippen LogP contribution in [0.3, 0.4) is 0 Å². The van der Waals surface area contributed by atoms with Crippen LogP contribution < -0.4 is 10.1 Å². The maximum atomic E-state index is 12.8. The third-order valence-corrected chi connectivity index (χ3v) is 4.79. The Morgan fingerprint density at radius 1 is 1.21 bits per heavy atom. The number of carbonyl (C=O) groups excluding carboxylic acids is 1. The number of nitrogens with one attached hydrogen (secondary N) is 1. The largest absolute Gasteiger partial charge is 0.492 e. The first-order chi connectivity index (χ1) is 11.7. The summed E-state index contributed by atoms with van der Waals surface area (Å²) in [6.07, 6.45) is 0.247. The maximum absolute atomic E-state index is 12.8. The molecule has 2 heterocycles. The van der Waals surface area contributed by atoms with Crippen LogP contribution in [0.25, 0.3) is 10.6 Å². The number of benzene rings is 1. The van der Waals surface area contributed by atoms with Gasteiger partial charge < -0.3 is 10.1 Å². The van der Waals surface area contributed by atoms with E-state index in [-0.39, 0.29) is 18.1 Å². The fraction of sp³-hybridized carbons (Fsp3) is 0.176. The molecule has 0 saturated heterocycles. The minimum absolute atomic E-state index is 0.0973. The van der Waals surface area contributed by atoms with Gasteiger partial charge in [-0.05, 0) is 35.7 Å². The first kappa shape index (κ1) is 16.6. The molecule has 0 saturated carbocycles. The highest BCUT2D eigenvalue weighted by Gasteiger charge is 2.09. The molecule has 124 valence electrons. The minimum Gasteiger partial charge on any atom is -0.492 e. The van der Waals surface area contributed by atoms with Crippen LogP contribution in [0.4, 0.5) is 4.39 Å². The summed E-state index contributed by atoms with van der Waals surface area (Å²) in [6, 6.07) is 7.79. The average molecular weight is 362 g/mol. The Kier molecular flexibility index (Phi) is 5.55. The van der Waals surface area contributed by atoms with E-state index in [1.807, 2.05) is 22.2 Å². The molecule has 1 aromatic carbocycles. The zero-order valence-electron chi connectivity index (χ0n) is 12.7. The van der Waals surface area contributed by atoms with E-state index < -0.39 is 0 Å². The Bertz CT molecular complexity index is 785. The highest BCUT2D eigenvalue weighted by atomic mass is 32.1. The molecule has 1 N–H and O–H groups in total. The first-order valence-corrected chi connectivity index (χ1v) is 9.15. The molecule has 3 aromatic rings. The lowest BCUT2D eigenvalue weighted by Crippen LogP contribution is -2.29. The Hall–Kier alpha value is -2.25. The van der Waals surface area contributed by atoms with Gasteiger partial charge in [0.2, 0.25) is 5.91 Å². The summed E-state index contributed by atoms with van der Waals surface area (Å²) in [6.45, 7) is 0.715. The number of amides is 1. The van der Waals surface area contributed by atoms with Crippen molar-refractivity contribution in [3.8, 4) is 16.3 Å². The predicted molar refractivity (Wildman–Crippen MR) is 94.0 cm³/mol. The van der Waals surface area contributed by atoms with Gasteiger partial charge in [0.1, 0.15) is 23.2 Å². The van der Waals surface area contributed by atoms with Gasteiger partial charge in [0.25, 0.3) is 0 Å². The molecule has 0 aliphatic rings. The average Bonchev–Trinajstić information content (AvgIpc) is 3.24. The number of hydrogen-bond donors (Lipinski definition) is 1. The zero-order valence-corrected chi connectivity index (χ0v) is 14.3. The third-order valence-electron chi connectivity index (χ3n) is 3.17. The summed E-state index contributed by atoms with van der Waals surface area (Å²) >= 11 is 3.16. The number of halogens is 1. The second-order valence-electron chi connectivity index (χ2n) is 4.99. The van der Waals surface area contributed by atoms with E-state index in [0.29, 0.717) is 18.9 Å². The minimum atomic E-state index is -0.305. The van der Waals surface area contributed by atoms with E-state index in [2.05, 4.69) is 10.3 Å². The summed E-state index contributed by atoms with van der Waals surface area (Å²) in [5, 5.41) is 9.66. The molecular formula is C17H15FN2O2S2. The molecule has 0 atom stereocenters. The van der Waals surface area contributed by atoms with Crippen molar-refractivity contribution in [3.63, 3.8) is 0 Å². The van der Waals surface area contributed by atoms with Crippen LogP contribution in [-0.4, -0.2) is 24.0 Å².